The number of hydrogen-bond donors (Lipinski definition) is 2. The van der Waals surface area contributed by atoms with Gasteiger partial charge in [-0.2, -0.15) is 24.9 Å². The van der Waals surface area contributed by atoms with Crippen molar-refractivity contribution in [2.75, 3.05) is 0 Å². The van der Waals surface area contributed by atoms with Crippen molar-refractivity contribution in [3.8, 4) is 293 Å². The fraction of sp³-hybridized carbons (Fsp3) is 0.00787. The highest BCUT2D eigenvalue weighted by Gasteiger charge is 2.27. The Morgan fingerprint density at radius 3 is 0.831 bits per heavy atom. The van der Waals surface area contributed by atoms with Gasteiger partial charge in [-0.15, -0.1) is 6.42 Å². The highest BCUT2D eigenvalue weighted by molar-refractivity contribution is 6.60. The van der Waals surface area contributed by atoms with Crippen molar-refractivity contribution in [2.24, 2.45) is 0 Å². The number of halogens is 2. The van der Waals surface area contributed by atoms with Gasteiger partial charge in [0, 0.05) is 178 Å². The lowest BCUT2D eigenvalue weighted by Gasteiger charge is -2.14. The molecular weight excluding hydrogens is 1760 g/mol. The molecule has 0 bridgehead atoms. The average Bonchev–Trinajstić information content (AvgIpc) is 1.54. The average molecular weight is 1830 g/mol. The van der Waals surface area contributed by atoms with Gasteiger partial charge in [0.15, 0.2) is 17.5 Å². The van der Waals surface area contributed by atoms with Gasteiger partial charge in [-0.3, -0.25) is 13.8 Å². The van der Waals surface area contributed by atoms with Crippen LogP contribution in [0, 0.1) is 214 Å². The zero-order valence-electron chi connectivity index (χ0n) is 75.3. The van der Waals surface area contributed by atoms with Crippen molar-refractivity contribution < 1.29 is 14.8 Å². The maximum absolute atomic E-state index is 9.22. The third kappa shape index (κ3) is 22.1. The SMILES string of the molecule is C#CC#CC#CC#CC#CC#CC#CC#CC#CC#CC#CC#CC#CC#CC#CC#CC#CC#CC.Clc1nc(-c2ccccc2)nc(-n2c3ccccc3c3ccc4c5ccccc5n(-c5ccccc5)c4c32)n1.F.OB(O)c1ccccc1-c1ccccc1.c1ccc(-c2nc(-c3ccccc3-c3ccccc3)nc(-n3c4ccccc4c4ccc5c6ccccc6n(-c6ccccc6)c5c43)n2)cc1. The monoisotopic (exact) mass is 1830 g/mol. The third-order valence-corrected chi connectivity index (χ3v) is 21.6. The second kappa shape index (κ2) is 47.3. The van der Waals surface area contributed by atoms with E-state index in [0.29, 0.717) is 34.8 Å². The number of hydrogen-bond acceptors (Lipinski definition) is 8. The molecule has 0 fully saturated rings. The fourth-order valence-corrected chi connectivity index (χ4v) is 15.9. The molecule has 0 spiro atoms. The topological polar surface area (TPSA) is 138 Å². The number of fused-ring (bicyclic) bond motifs is 14. The molecule has 0 saturated heterocycles. The van der Waals surface area contributed by atoms with Crippen LogP contribution in [0.1, 0.15) is 6.92 Å². The molecule has 20 aromatic rings. The van der Waals surface area contributed by atoms with Crippen LogP contribution in [0.15, 0.2) is 352 Å². The van der Waals surface area contributed by atoms with Crippen LogP contribution in [0.4, 0.5) is 4.70 Å². The summed E-state index contributed by atoms with van der Waals surface area (Å²) in [7, 11) is -1.43. The Bertz CT molecular complexity index is 9640. The molecule has 2 N–H and O–H groups in total. The zero-order valence-corrected chi connectivity index (χ0v) is 76.0. The van der Waals surface area contributed by atoms with Crippen LogP contribution in [0.3, 0.4) is 0 Å². The third-order valence-electron chi connectivity index (χ3n) is 21.4. The minimum absolute atomic E-state index is 0. The van der Waals surface area contributed by atoms with E-state index < -0.39 is 7.12 Å². The first-order valence-electron chi connectivity index (χ1n) is 43.6. The number of terminal acetylenes is 1. The number of benzene rings is 14. The van der Waals surface area contributed by atoms with Gasteiger partial charge in [-0.05, 0) is 189 Å². The largest absolute Gasteiger partial charge is 0.489 e. The molecule has 0 saturated carbocycles. The van der Waals surface area contributed by atoms with Crippen LogP contribution < -0.4 is 5.46 Å². The predicted octanol–water partition coefficient (Wildman–Crippen LogP) is 21.3. The highest BCUT2D eigenvalue weighted by atomic mass is 35.5. The van der Waals surface area contributed by atoms with E-state index in [4.69, 9.17) is 38.0 Å². The molecule has 14 aromatic carbocycles. The van der Waals surface area contributed by atoms with Crippen LogP contribution in [0.2, 0.25) is 5.28 Å². The van der Waals surface area contributed by atoms with E-state index in [1.54, 1.807) is 19.1 Å². The molecular formula is C127H65BClFN10O2. The molecule has 0 aliphatic rings. The normalized spacial score (nSPS) is 9.37. The summed E-state index contributed by atoms with van der Waals surface area (Å²) in [6.45, 7) is 1.69. The number of para-hydroxylation sites is 6. The van der Waals surface area contributed by atoms with Gasteiger partial charge in [-0.25, -0.2) is 4.98 Å². The standard InChI is InChI=1S/C45H29N5.C37H4.C33H20ClN5.C12H11BO2.FH/c1-4-16-30(17-5-1)33-22-10-11-25-38(33)44-46-43(31-18-6-2-7-19-31)47-45(48-44)50-40-27-15-13-24-35(40)37-29-28-36-34-23-12-14-26-39(34)49(41(36)42(37)50)32-20-8-3-9-21-32;1-3-5-7-9-11-13-15-17-19-21-23-25-27-29-31-33-35-37-36-34-32-30-28-26-24-22-20-18-16-14-12-10-8-6-4-2;34-32-35-31(21-11-3-1-4-12-21)36-33(37-32)39-28-18-10-8-16-24(28)26-20-19-25-23-15-7-9-17-27(23)38(29(25)30(26)39)22-13-5-2-6-14-22;14-13(15)12-9-5-4-8-11(12)10-6-2-1-3-7-10;/h1-29H;1H,2H3;1-20H;1-9,14-15H;1H. The molecule has 142 heavy (non-hydrogen) atoms. The summed E-state index contributed by atoms with van der Waals surface area (Å²) in [5, 5.41) is 27.8. The second-order valence-corrected chi connectivity index (χ2v) is 30.1. The van der Waals surface area contributed by atoms with Gasteiger partial charge in [0.2, 0.25) is 17.2 Å². The molecule has 15 heteroatoms. The first-order valence-corrected chi connectivity index (χ1v) is 44.0. The minimum Gasteiger partial charge on any atom is -0.423 e. The van der Waals surface area contributed by atoms with Gasteiger partial charge in [0.05, 0.1) is 44.1 Å². The van der Waals surface area contributed by atoms with Crippen molar-refractivity contribution in [3.63, 3.8) is 0 Å². The van der Waals surface area contributed by atoms with Crippen LogP contribution in [0.25, 0.3) is 167 Å². The predicted molar refractivity (Wildman–Crippen MR) is 575 cm³/mol. The Kier molecular flexibility index (Phi) is 31.2. The van der Waals surface area contributed by atoms with E-state index in [-0.39, 0.29) is 9.99 Å². The molecule has 0 radical (unpaired) electrons. The minimum atomic E-state index is -1.43. The number of aromatic nitrogens is 10. The van der Waals surface area contributed by atoms with Gasteiger partial charge >= 0.3 is 7.12 Å². The highest BCUT2D eigenvalue weighted by Crippen LogP contribution is 2.45. The first-order chi connectivity index (χ1) is 69.8. The molecule has 6 aromatic heterocycles. The van der Waals surface area contributed by atoms with Crippen LogP contribution in [-0.4, -0.2) is 65.3 Å². The summed E-state index contributed by atoms with van der Waals surface area (Å²) in [4.78, 5) is 29.9. The van der Waals surface area contributed by atoms with Crippen LogP contribution in [-0.2, 0) is 0 Å². The molecule has 0 aliphatic carbocycles. The van der Waals surface area contributed by atoms with E-state index in [1.165, 1.54) is 16.2 Å². The van der Waals surface area contributed by atoms with E-state index in [2.05, 4.69) is 466 Å². The smallest absolute Gasteiger partial charge is 0.423 e. The van der Waals surface area contributed by atoms with Crippen LogP contribution >= 0.6 is 11.6 Å². The zero-order chi connectivity index (χ0) is 96.4. The lowest BCUT2D eigenvalue weighted by molar-refractivity contribution is 0.426. The van der Waals surface area contributed by atoms with Gasteiger partial charge in [0.25, 0.3) is 0 Å². The Morgan fingerprint density at radius 1 is 0.232 bits per heavy atom. The van der Waals surface area contributed by atoms with Crippen molar-refractivity contribution in [2.45, 2.75) is 6.92 Å². The Hall–Kier alpha value is -21.4. The molecule has 652 valence electrons. The summed E-state index contributed by atoms with van der Waals surface area (Å²) in [6, 6.07) is 120. The molecule has 20 rings (SSSR count). The van der Waals surface area contributed by atoms with Gasteiger partial charge in [0.1, 0.15) is 0 Å². The van der Waals surface area contributed by atoms with Gasteiger partial charge in [-0.1, -0.05) is 309 Å². The molecule has 0 aliphatic heterocycles. The summed E-state index contributed by atoms with van der Waals surface area (Å²) < 4.78 is 9.09. The van der Waals surface area contributed by atoms with E-state index in [0.717, 1.165) is 121 Å². The quantitative estimate of drug-likeness (QED) is 0.102. The maximum atomic E-state index is 9.22. The molecule has 0 amide bonds. The Morgan fingerprint density at radius 2 is 0.486 bits per heavy atom. The maximum Gasteiger partial charge on any atom is 0.489 e. The van der Waals surface area contributed by atoms with Crippen molar-refractivity contribution >= 4 is 111 Å². The summed E-state index contributed by atoms with van der Waals surface area (Å²) in [5.74, 6) is 89.7. The van der Waals surface area contributed by atoms with E-state index in [9.17, 15) is 10.0 Å². The van der Waals surface area contributed by atoms with E-state index in [1.807, 2.05) is 109 Å². The lowest BCUT2D eigenvalue weighted by atomic mass is 9.75. The molecule has 0 atom stereocenters. The lowest BCUT2D eigenvalue weighted by Crippen LogP contribution is -2.31. The van der Waals surface area contributed by atoms with Crippen LogP contribution in [0.5, 0.6) is 0 Å². The van der Waals surface area contributed by atoms with E-state index >= 15 is 0 Å². The summed E-state index contributed by atoms with van der Waals surface area (Å²) in [6.07, 6.45) is 4.93. The Balaban J connectivity index is 0.000000144. The van der Waals surface area contributed by atoms with Crippen molar-refractivity contribution in [3.05, 3.63) is 357 Å². The Labute approximate surface area is 826 Å². The second-order valence-electron chi connectivity index (χ2n) is 29.8. The molecule has 0 unspecified atom stereocenters. The fourth-order valence-electron chi connectivity index (χ4n) is 15.8. The summed E-state index contributed by atoms with van der Waals surface area (Å²) in [5.41, 5.74) is 18.1. The van der Waals surface area contributed by atoms with Crippen molar-refractivity contribution in [1.82, 2.24) is 48.2 Å². The van der Waals surface area contributed by atoms with Crippen molar-refractivity contribution in [1.29, 1.82) is 0 Å². The number of nitrogens with zero attached hydrogens (tertiary/aromatic N) is 10. The molecule has 12 nitrogen and oxygen atoms in total. The first kappa shape index (κ1) is 93.8. The summed E-state index contributed by atoms with van der Waals surface area (Å²) >= 11 is 6.55. The van der Waals surface area contributed by atoms with Gasteiger partial charge < -0.3 is 19.2 Å². The number of rotatable bonds is 10. The molecule has 6 heterocycles.